The molecule has 0 spiro atoms. The maximum atomic E-state index is 5.67. The Labute approximate surface area is 105 Å². The van der Waals surface area contributed by atoms with Gasteiger partial charge in [-0.15, -0.1) is 10.2 Å². The zero-order valence-electron chi connectivity index (χ0n) is 9.67. The smallest absolute Gasteiger partial charge is 0.160 e. The second-order valence-electron chi connectivity index (χ2n) is 4.43. The number of fused-ring (bicyclic) bond motifs is 1. The van der Waals surface area contributed by atoms with Gasteiger partial charge in [-0.1, -0.05) is 6.07 Å². The summed E-state index contributed by atoms with van der Waals surface area (Å²) in [4.78, 5) is 0. The van der Waals surface area contributed by atoms with Crippen molar-refractivity contribution in [1.82, 2.24) is 14.6 Å². The first kappa shape index (κ1) is 11.0. The number of nitrogens with zero attached hydrogens (tertiary/aromatic N) is 3. The van der Waals surface area contributed by atoms with Crippen LogP contribution in [0.1, 0.15) is 24.2 Å². The first-order chi connectivity index (χ1) is 8.36. The zero-order chi connectivity index (χ0) is 11.7. The Kier molecular flexibility index (Phi) is 3.03. The molecule has 90 valence electrons. The average molecular weight is 248 g/mol. The molecule has 1 aliphatic heterocycles. The van der Waals surface area contributed by atoms with E-state index in [9.17, 15) is 0 Å². The van der Waals surface area contributed by atoms with Crippen LogP contribution in [0.15, 0.2) is 18.3 Å². The Morgan fingerprint density at radius 2 is 2.35 bits per heavy atom. The number of nitrogens with two attached hydrogens (primary N) is 1. The first-order valence-corrected chi connectivity index (χ1v) is 7.06. The number of hydrogen-bond donors (Lipinski definition) is 1. The molecular formula is C12H16N4S. The second-order valence-corrected chi connectivity index (χ2v) is 5.83. The molecule has 2 aromatic rings. The molecule has 17 heavy (non-hydrogen) atoms. The molecule has 1 unspecified atom stereocenters. The summed E-state index contributed by atoms with van der Waals surface area (Å²) in [5.41, 5.74) is 7.70. The monoisotopic (exact) mass is 248 g/mol. The van der Waals surface area contributed by atoms with E-state index >= 15 is 0 Å². The van der Waals surface area contributed by atoms with Crippen molar-refractivity contribution in [2.45, 2.75) is 31.1 Å². The fourth-order valence-electron chi connectivity index (χ4n) is 2.25. The van der Waals surface area contributed by atoms with Crippen molar-refractivity contribution < 1.29 is 0 Å². The van der Waals surface area contributed by atoms with E-state index in [1.54, 1.807) is 0 Å². The lowest BCUT2D eigenvalue weighted by atomic mass is 10.2. The van der Waals surface area contributed by atoms with Crippen molar-refractivity contribution in [2.24, 2.45) is 5.73 Å². The number of rotatable bonds is 3. The number of aromatic nitrogens is 3. The van der Waals surface area contributed by atoms with Gasteiger partial charge in [-0.2, -0.15) is 11.8 Å². The molecule has 0 aromatic carbocycles. The highest BCUT2D eigenvalue weighted by Gasteiger charge is 2.18. The van der Waals surface area contributed by atoms with E-state index in [1.807, 2.05) is 12.1 Å². The zero-order valence-corrected chi connectivity index (χ0v) is 10.5. The van der Waals surface area contributed by atoms with Gasteiger partial charge < -0.3 is 5.73 Å². The van der Waals surface area contributed by atoms with Crippen molar-refractivity contribution in [3.8, 4) is 0 Å². The normalized spacial score (nSPS) is 20.2. The van der Waals surface area contributed by atoms with Gasteiger partial charge in [0, 0.05) is 24.4 Å². The van der Waals surface area contributed by atoms with E-state index in [1.165, 1.54) is 18.6 Å². The molecule has 0 saturated carbocycles. The van der Waals surface area contributed by atoms with Crippen molar-refractivity contribution >= 4 is 17.4 Å². The molecule has 1 atom stereocenters. The summed E-state index contributed by atoms with van der Waals surface area (Å²) < 4.78 is 2.08. The highest BCUT2D eigenvalue weighted by atomic mass is 32.2. The predicted molar refractivity (Wildman–Crippen MR) is 70.1 cm³/mol. The van der Waals surface area contributed by atoms with Gasteiger partial charge in [0.2, 0.25) is 0 Å². The lowest BCUT2D eigenvalue weighted by Crippen LogP contribution is -2.07. The van der Waals surface area contributed by atoms with Crippen LogP contribution in [0.25, 0.3) is 5.65 Å². The van der Waals surface area contributed by atoms with Crippen LogP contribution in [0.4, 0.5) is 0 Å². The summed E-state index contributed by atoms with van der Waals surface area (Å²) in [6.45, 7) is 0.561. The van der Waals surface area contributed by atoms with E-state index < -0.39 is 0 Å². The van der Waals surface area contributed by atoms with E-state index in [0.717, 1.165) is 23.5 Å². The summed E-state index contributed by atoms with van der Waals surface area (Å²) in [5.74, 6) is 2.35. The van der Waals surface area contributed by atoms with Gasteiger partial charge in [-0.3, -0.25) is 4.40 Å². The quantitative estimate of drug-likeness (QED) is 0.897. The van der Waals surface area contributed by atoms with Crippen molar-refractivity contribution in [1.29, 1.82) is 0 Å². The fraction of sp³-hybridized carbons (Fsp3) is 0.500. The Bertz CT molecular complexity index is 516. The SMILES string of the molecule is NCc1ccc2nnc(CC3CCCS3)n2c1. The number of thioether (sulfide) groups is 1. The molecule has 0 aliphatic carbocycles. The van der Waals surface area contributed by atoms with Gasteiger partial charge in [0.05, 0.1) is 0 Å². The van der Waals surface area contributed by atoms with Crippen LogP contribution >= 0.6 is 11.8 Å². The maximum absolute atomic E-state index is 5.67. The Morgan fingerprint density at radius 1 is 1.41 bits per heavy atom. The van der Waals surface area contributed by atoms with E-state index in [2.05, 4.69) is 32.6 Å². The molecule has 1 aliphatic rings. The van der Waals surface area contributed by atoms with Gasteiger partial charge >= 0.3 is 0 Å². The lowest BCUT2D eigenvalue weighted by molar-refractivity contribution is 0.737. The topological polar surface area (TPSA) is 56.2 Å². The summed E-state index contributed by atoms with van der Waals surface area (Å²) in [6, 6.07) is 4.00. The average Bonchev–Trinajstić information content (AvgIpc) is 2.99. The molecule has 0 amide bonds. The largest absolute Gasteiger partial charge is 0.326 e. The Morgan fingerprint density at radius 3 is 3.12 bits per heavy atom. The van der Waals surface area contributed by atoms with Crippen molar-refractivity contribution in [2.75, 3.05) is 5.75 Å². The van der Waals surface area contributed by atoms with Gasteiger partial charge in [0.25, 0.3) is 0 Å². The molecule has 5 heteroatoms. The molecule has 3 heterocycles. The molecule has 1 saturated heterocycles. The predicted octanol–water partition coefficient (Wildman–Crippen LogP) is 1.63. The van der Waals surface area contributed by atoms with Crippen LogP contribution in [0.3, 0.4) is 0 Å². The Balaban J connectivity index is 1.92. The summed E-state index contributed by atoms with van der Waals surface area (Å²) in [5, 5.41) is 9.20. The van der Waals surface area contributed by atoms with E-state index in [0.29, 0.717) is 11.8 Å². The molecule has 2 N–H and O–H groups in total. The molecular weight excluding hydrogens is 232 g/mol. The first-order valence-electron chi connectivity index (χ1n) is 6.01. The molecule has 2 aromatic heterocycles. The molecule has 0 bridgehead atoms. The van der Waals surface area contributed by atoms with E-state index in [4.69, 9.17) is 5.73 Å². The van der Waals surface area contributed by atoms with Gasteiger partial charge in [-0.05, 0) is 30.2 Å². The van der Waals surface area contributed by atoms with Crippen LogP contribution in [0.5, 0.6) is 0 Å². The third kappa shape index (κ3) is 2.17. The van der Waals surface area contributed by atoms with Crippen LogP contribution in [-0.4, -0.2) is 25.6 Å². The Hall–Kier alpha value is -1.07. The minimum Gasteiger partial charge on any atom is -0.326 e. The third-order valence-corrected chi connectivity index (χ3v) is 4.60. The maximum Gasteiger partial charge on any atom is 0.160 e. The highest BCUT2D eigenvalue weighted by Crippen LogP contribution is 2.28. The molecule has 4 nitrogen and oxygen atoms in total. The molecule has 1 fully saturated rings. The van der Waals surface area contributed by atoms with Crippen LogP contribution < -0.4 is 5.73 Å². The van der Waals surface area contributed by atoms with Gasteiger partial charge in [0.15, 0.2) is 5.65 Å². The van der Waals surface area contributed by atoms with E-state index in [-0.39, 0.29) is 0 Å². The highest BCUT2D eigenvalue weighted by molar-refractivity contribution is 8.00. The second kappa shape index (κ2) is 4.66. The standard InChI is InChI=1S/C12H16N4S/c13-7-9-3-4-11-14-15-12(16(11)8-9)6-10-2-1-5-17-10/h3-4,8,10H,1-2,5-7,13H2. The minimum atomic E-state index is 0.561. The summed E-state index contributed by atoms with van der Waals surface area (Å²) >= 11 is 2.05. The van der Waals surface area contributed by atoms with Crippen LogP contribution in [-0.2, 0) is 13.0 Å². The minimum absolute atomic E-state index is 0.561. The molecule has 3 rings (SSSR count). The fourth-order valence-corrected chi connectivity index (χ4v) is 3.52. The van der Waals surface area contributed by atoms with Crippen molar-refractivity contribution in [3.63, 3.8) is 0 Å². The van der Waals surface area contributed by atoms with Crippen molar-refractivity contribution in [3.05, 3.63) is 29.7 Å². The third-order valence-electron chi connectivity index (χ3n) is 3.20. The van der Waals surface area contributed by atoms with Crippen LogP contribution in [0, 0.1) is 0 Å². The summed E-state index contributed by atoms with van der Waals surface area (Å²) in [7, 11) is 0. The number of hydrogen-bond acceptors (Lipinski definition) is 4. The molecule has 0 radical (unpaired) electrons. The van der Waals surface area contributed by atoms with Gasteiger partial charge in [0.1, 0.15) is 5.82 Å². The van der Waals surface area contributed by atoms with Gasteiger partial charge in [-0.25, -0.2) is 0 Å². The number of pyridine rings is 1. The summed E-state index contributed by atoms with van der Waals surface area (Å²) in [6.07, 6.45) is 5.71. The van der Waals surface area contributed by atoms with Crippen LogP contribution in [0.2, 0.25) is 0 Å². The lowest BCUT2D eigenvalue weighted by Gasteiger charge is -2.07.